The van der Waals surface area contributed by atoms with E-state index in [2.05, 4.69) is 9.97 Å². The normalized spacial score (nSPS) is 22.0. The van der Waals surface area contributed by atoms with Crippen LogP contribution in [0.2, 0.25) is 0 Å². The lowest BCUT2D eigenvalue weighted by Crippen LogP contribution is -2.45. The summed E-state index contributed by atoms with van der Waals surface area (Å²) in [6, 6.07) is 0. The third-order valence-electron chi connectivity index (χ3n) is 3.41. The summed E-state index contributed by atoms with van der Waals surface area (Å²) < 4.78 is 26.1. The molecule has 1 aliphatic heterocycles. The Bertz CT molecular complexity index is 770. The van der Waals surface area contributed by atoms with Gasteiger partial charge in [0.25, 0.3) is 0 Å². The van der Waals surface area contributed by atoms with Crippen molar-refractivity contribution < 1.29 is 18.3 Å². The second-order valence-corrected chi connectivity index (χ2v) is 6.89. The van der Waals surface area contributed by atoms with Gasteiger partial charge in [-0.25, -0.2) is 18.2 Å². The van der Waals surface area contributed by atoms with Gasteiger partial charge in [-0.1, -0.05) is 0 Å². The van der Waals surface area contributed by atoms with Gasteiger partial charge in [0.15, 0.2) is 9.84 Å². The molecule has 0 saturated carbocycles. The maximum absolute atomic E-state index is 12.2. The number of fused-ring (bicyclic) bond motifs is 1. The predicted octanol–water partition coefficient (Wildman–Crippen LogP) is 0.179. The van der Waals surface area contributed by atoms with Crippen molar-refractivity contribution in [2.24, 2.45) is 0 Å². The highest BCUT2D eigenvalue weighted by molar-refractivity contribution is 7.91. The van der Waals surface area contributed by atoms with Crippen LogP contribution in [0.4, 0.5) is 4.79 Å². The lowest BCUT2D eigenvalue weighted by atomic mass is 10.2. The lowest BCUT2D eigenvalue weighted by Gasteiger charge is -2.29. The highest BCUT2D eigenvalue weighted by atomic mass is 32.2. The van der Waals surface area contributed by atoms with Gasteiger partial charge in [-0.2, -0.15) is 0 Å². The minimum atomic E-state index is -3.41. The van der Waals surface area contributed by atoms with Gasteiger partial charge >= 0.3 is 6.09 Å². The summed E-state index contributed by atoms with van der Waals surface area (Å²) in [6.45, 7) is -0.0998. The third-order valence-corrected chi connectivity index (χ3v) is 5.40. The van der Waals surface area contributed by atoms with Crippen LogP contribution in [-0.2, 0) is 9.84 Å². The zero-order chi connectivity index (χ0) is 14.3. The third kappa shape index (κ3) is 1.99. The summed E-state index contributed by atoms with van der Waals surface area (Å²) in [5, 5.41) is 8.09. The number of sulfone groups is 1. The molecule has 0 aromatic carbocycles. The van der Waals surface area contributed by atoms with E-state index in [9.17, 15) is 13.2 Å². The zero-order valence-electron chi connectivity index (χ0n) is 10.4. The SMILES string of the molecule is O=C(O)N1CCS(=O)(=O)C(c2ncn3ccncc23)C1. The molecule has 20 heavy (non-hydrogen) atoms. The highest BCUT2D eigenvalue weighted by Crippen LogP contribution is 2.29. The number of hydrogen-bond acceptors (Lipinski definition) is 5. The van der Waals surface area contributed by atoms with Gasteiger partial charge in [-0.3, -0.25) is 4.98 Å². The molecule has 0 aliphatic carbocycles. The van der Waals surface area contributed by atoms with E-state index < -0.39 is 21.2 Å². The van der Waals surface area contributed by atoms with Crippen molar-refractivity contribution in [2.75, 3.05) is 18.8 Å². The number of aromatic nitrogens is 3. The minimum absolute atomic E-state index is 0.00179. The Morgan fingerprint density at radius 3 is 3.00 bits per heavy atom. The van der Waals surface area contributed by atoms with E-state index in [1.54, 1.807) is 16.8 Å². The van der Waals surface area contributed by atoms with Crippen molar-refractivity contribution in [2.45, 2.75) is 5.25 Å². The molecule has 0 bridgehead atoms. The topological polar surface area (TPSA) is 105 Å². The molecular formula is C11H12N4O4S. The van der Waals surface area contributed by atoms with Gasteiger partial charge in [0, 0.05) is 25.5 Å². The average Bonchev–Trinajstić information content (AvgIpc) is 2.82. The van der Waals surface area contributed by atoms with Crippen molar-refractivity contribution in [1.82, 2.24) is 19.3 Å². The van der Waals surface area contributed by atoms with Gasteiger partial charge in [-0.15, -0.1) is 0 Å². The monoisotopic (exact) mass is 296 g/mol. The summed E-state index contributed by atoms with van der Waals surface area (Å²) in [4.78, 5) is 20.2. The van der Waals surface area contributed by atoms with Crippen LogP contribution in [0.25, 0.3) is 5.52 Å². The first-order valence-electron chi connectivity index (χ1n) is 5.95. The molecule has 1 atom stereocenters. The maximum Gasteiger partial charge on any atom is 0.407 e. The minimum Gasteiger partial charge on any atom is -0.465 e. The molecule has 1 unspecified atom stereocenters. The molecule has 1 aliphatic rings. The number of rotatable bonds is 1. The molecule has 2 aromatic rings. The molecule has 8 nitrogen and oxygen atoms in total. The van der Waals surface area contributed by atoms with Crippen LogP contribution in [0, 0.1) is 0 Å². The quantitative estimate of drug-likeness (QED) is 0.804. The molecule has 1 N–H and O–H groups in total. The van der Waals surface area contributed by atoms with Crippen LogP contribution >= 0.6 is 0 Å². The van der Waals surface area contributed by atoms with E-state index in [1.807, 2.05) is 0 Å². The van der Waals surface area contributed by atoms with E-state index in [-0.39, 0.29) is 18.8 Å². The van der Waals surface area contributed by atoms with Gasteiger partial charge in [0.05, 0.1) is 29.5 Å². The van der Waals surface area contributed by atoms with E-state index in [0.29, 0.717) is 11.2 Å². The molecule has 0 radical (unpaired) electrons. The number of carbonyl (C=O) groups is 1. The first kappa shape index (κ1) is 12.9. The van der Waals surface area contributed by atoms with Crippen LogP contribution < -0.4 is 0 Å². The van der Waals surface area contributed by atoms with Crippen LogP contribution in [0.5, 0.6) is 0 Å². The molecular weight excluding hydrogens is 284 g/mol. The number of hydrogen-bond donors (Lipinski definition) is 1. The smallest absolute Gasteiger partial charge is 0.407 e. The second-order valence-electron chi connectivity index (χ2n) is 4.58. The van der Waals surface area contributed by atoms with Gasteiger partial charge in [-0.05, 0) is 0 Å². The first-order valence-corrected chi connectivity index (χ1v) is 7.66. The van der Waals surface area contributed by atoms with E-state index in [4.69, 9.17) is 5.11 Å². The largest absolute Gasteiger partial charge is 0.465 e. The van der Waals surface area contributed by atoms with E-state index in [1.165, 1.54) is 12.5 Å². The van der Waals surface area contributed by atoms with Crippen LogP contribution in [0.15, 0.2) is 24.9 Å². The number of carboxylic acid groups (broad SMARTS) is 1. The van der Waals surface area contributed by atoms with Crippen LogP contribution in [0.3, 0.4) is 0 Å². The Balaban J connectivity index is 2.08. The van der Waals surface area contributed by atoms with Crippen LogP contribution in [0.1, 0.15) is 10.9 Å². The molecule has 9 heteroatoms. The molecule has 3 heterocycles. The predicted molar refractivity (Wildman–Crippen MR) is 69.1 cm³/mol. The Labute approximate surface area is 114 Å². The van der Waals surface area contributed by atoms with Gasteiger partial charge < -0.3 is 14.4 Å². The Morgan fingerprint density at radius 2 is 2.25 bits per heavy atom. The van der Waals surface area contributed by atoms with Crippen molar-refractivity contribution in [3.05, 3.63) is 30.6 Å². The second kappa shape index (κ2) is 4.44. The van der Waals surface area contributed by atoms with Gasteiger partial charge in [0.1, 0.15) is 5.25 Å². The fraction of sp³-hybridized carbons (Fsp3) is 0.364. The zero-order valence-corrected chi connectivity index (χ0v) is 11.2. The first-order chi connectivity index (χ1) is 9.49. The summed E-state index contributed by atoms with van der Waals surface area (Å²) >= 11 is 0. The van der Waals surface area contributed by atoms with Crippen LogP contribution in [-0.4, -0.2) is 57.7 Å². The fourth-order valence-electron chi connectivity index (χ4n) is 2.32. The Hall–Kier alpha value is -2.16. The Morgan fingerprint density at radius 1 is 1.45 bits per heavy atom. The number of imidazole rings is 1. The number of nitrogens with zero attached hydrogens (tertiary/aromatic N) is 4. The molecule has 3 rings (SSSR count). The number of amides is 1. The molecule has 106 valence electrons. The molecule has 1 saturated heterocycles. The molecule has 1 fully saturated rings. The molecule has 1 amide bonds. The maximum atomic E-state index is 12.2. The summed E-state index contributed by atoms with van der Waals surface area (Å²) in [7, 11) is -3.41. The standard InChI is InChI=1S/C11H12N4O4S/c16-11(17)14-3-4-20(18,19)9(6-14)10-8-5-12-1-2-15(8)7-13-10/h1-2,5,7,9H,3-4,6H2,(H,16,17). The van der Waals surface area contributed by atoms with Crippen molar-refractivity contribution in [3.8, 4) is 0 Å². The average molecular weight is 296 g/mol. The summed E-state index contributed by atoms with van der Waals surface area (Å²) in [6.07, 6.45) is 5.14. The molecule has 0 spiro atoms. The fourth-order valence-corrected chi connectivity index (χ4v) is 4.01. The summed E-state index contributed by atoms with van der Waals surface area (Å²) in [5.74, 6) is -0.191. The van der Waals surface area contributed by atoms with Crippen molar-refractivity contribution >= 4 is 21.4 Å². The highest BCUT2D eigenvalue weighted by Gasteiger charge is 2.38. The lowest BCUT2D eigenvalue weighted by molar-refractivity contribution is 0.146. The van der Waals surface area contributed by atoms with Gasteiger partial charge in [0.2, 0.25) is 0 Å². The Kier molecular flexibility index (Phi) is 2.85. The van der Waals surface area contributed by atoms with E-state index >= 15 is 0 Å². The van der Waals surface area contributed by atoms with Crippen molar-refractivity contribution in [1.29, 1.82) is 0 Å². The van der Waals surface area contributed by atoms with Crippen molar-refractivity contribution in [3.63, 3.8) is 0 Å². The summed E-state index contributed by atoms with van der Waals surface area (Å²) in [5.41, 5.74) is 0.928. The molecule has 2 aromatic heterocycles. The van der Waals surface area contributed by atoms with E-state index in [0.717, 1.165) is 4.90 Å².